The van der Waals surface area contributed by atoms with Crippen LogP contribution in [0.25, 0.3) is 0 Å². The van der Waals surface area contributed by atoms with Gasteiger partial charge in [0.05, 0.1) is 6.61 Å². The van der Waals surface area contributed by atoms with Crippen molar-refractivity contribution in [1.29, 1.82) is 0 Å². The minimum absolute atomic E-state index is 0.0293. The van der Waals surface area contributed by atoms with Crippen LogP contribution in [0.3, 0.4) is 0 Å². The smallest absolute Gasteiger partial charge is 0.306 e. The fraction of sp³-hybridized carbons (Fsp3) is 0.821. The van der Waals surface area contributed by atoms with Gasteiger partial charge in [0, 0.05) is 12.8 Å². The van der Waals surface area contributed by atoms with Crippen LogP contribution in [0.15, 0.2) is 70.9 Å². The Morgan fingerprint density at radius 1 is 0.488 bits per heavy atom. The summed E-state index contributed by atoms with van der Waals surface area (Å²) >= 11 is 0. The molecule has 0 spiro atoms. The van der Waals surface area contributed by atoms with Gasteiger partial charge in [-0.2, -0.15) is 0 Å². The molecule has 0 aromatic carbocycles. The monoisotopic (exact) mass is 1140 g/mol. The molecule has 0 N–H and O–H groups in total. The lowest BCUT2D eigenvalue weighted by atomic mass is 9.72. The Kier molecular flexibility index (Phi) is 39.2. The predicted octanol–water partition coefficient (Wildman–Crippen LogP) is 24.6. The summed E-state index contributed by atoms with van der Waals surface area (Å²) in [7, 11) is 0. The van der Waals surface area contributed by atoms with Gasteiger partial charge < -0.3 is 9.47 Å². The largest absolute Gasteiger partial charge is 0.466 e. The highest BCUT2D eigenvalue weighted by Gasteiger charge is 2.45. The Balaban J connectivity index is 0.000000353. The number of rotatable bonds is 50. The van der Waals surface area contributed by atoms with Gasteiger partial charge in [0.1, 0.15) is 6.61 Å². The third-order valence-corrected chi connectivity index (χ3v) is 20.1. The van der Waals surface area contributed by atoms with Gasteiger partial charge in [-0.25, -0.2) is 0 Å². The molecule has 0 aromatic rings. The van der Waals surface area contributed by atoms with Crippen LogP contribution in [0.5, 0.6) is 0 Å². The van der Waals surface area contributed by atoms with Gasteiger partial charge in [0.2, 0.25) is 0 Å². The summed E-state index contributed by atoms with van der Waals surface area (Å²) in [5.41, 5.74) is 5.66. The maximum absolute atomic E-state index is 12.1. The molecule has 0 heterocycles. The van der Waals surface area contributed by atoms with Gasteiger partial charge in [-0.3, -0.25) is 9.59 Å². The van der Waals surface area contributed by atoms with Crippen molar-refractivity contribution in [2.24, 2.45) is 52.8 Å². The topological polar surface area (TPSA) is 52.6 Å². The van der Waals surface area contributed by atoms with Crippen molar-refractivity contribution in [3.05, 3.63) is 70.9 Å². The first kappa shape index (κ1) is 71.9. The van der Waals surface area contributed by atoms with E-state index in [0.717, 1.165) is 78.6 Å². The molecule has 0 aromatic heterocycles. The number of esters is 2. The van der Waals surface area contributed by atoms with Crippen molar-refractivity contribution in [3.8, 4) is 0 Å². The molecule has 5 aliphatic carbocycles. The summed E-state index contributed by atoms with van der Waals surface area (Å²) in [4.78, 5) is 24.1. The summed E-state index contributed by atoms with van der Waals surface area (Å²) in [5, 5.41) is 0. The minimum atomic E-state index is -0.0620. The van der Waals surface area contributed by atoms with E-state index in [4.69, 9.17) is 9.47 Å². The lowest BCUT2D eigenvalue weighted by molar-refractivity contribution is -0.144. The van der Waals surface area contributed by atoms with Crippen molar-refractivity contribution in [1.82, 2.24) is 0 Å². The molecule has 0 radical (unpaired) electrons. The van der Waals surface area contributed by atoms with Gasteiger partial charge in [-0.15, -0.1) is 0 Å². The highest BCUT2D eigenvalue weighted by atomic mass is 16.5. The van der Waals surface area contributed by atoms with Crippen LogP contribution in [0.2, 0.25) is 0 Å². The summed E-state index contributed by atoms with van der Waals surface area (Å²) < 4.78 is 10.9. The Hall–Kier alpha value is -2.62. The quantitative estimate of drug-likeness (QED) is 0.0264. The first-order chi connectivity index (χ1) is 39.9. The molecule has 8 unspecified atom stereocenters. The van der Waals surface area contributed by atoms with Gasteiger partial charge in [0.15, 0.2) is 0 Å². The van der Waals surface area contributed by atoms with Crippen molar-refractivity contribution in [3.63, 3.8) is 0 Å². The van der Waals surface area contributed by atoms with E-state index in [9.17, 15) is 9.59 Å². The Labute approximate surface area is 509 Å². The number of allylic oxidation sites excluding steroid dienone is 11. The molecule has 4 nitrogen and oxygen atoms in total. The SMILES string of the molecule is CCCCCC1CC1CC1CC1CCCCCCCC(=O)OC/C=C(C)/C=C/C=C(C)/C=C/C1=C(C)CCCC1(C)C.CCCCCCCC/C=C\CCCCCCCCOC(=O)CCCCCCCC1CC1CC1CC1CCCCC. The van der Waals surface area contributed by atoms with Crippen LogP contribution in [0.4, 0.5) is 0 Å². The van der Waals surface area contributed by atoms with E-state index in [0.29, 0.717) is 26.1 Å². The van der Waals surface area contributed by atoms with Crippen LogP contribution < -0.4 is 0 Å². The summed E-state index contributed by atoms with van der Waals surface area (Å²) in [5.74, 6) is 8.62. The first-order valence-electron chi connectivity index (χ1n) is 36.3. The molecule has 82 heavy (non-hydrogen) atoms. The number of carbonyl (C=O) groups is 2. The van der Waals surface area contributed by atoms with E-state index < -0.39 is 0 Å². The van der Waals surface area contributed by atoms with E-state index in [2.05, 4.69) is 97.9 Å². The van der Waals surface area contributed by atoms with Crippen LogP contribution in [0.1, 0.15) is 344 Å². The van der Waals surface area contributed by atoms with Gasteiger partial charge in [-0.1, -0.05) is 267 Å². The molecule has 8 atom stereocenters. The average Bonchev–Trinajstić information content (AvgIpc) is 4.41. The number of hydrogen-bond acceptors (Lipinski definition) is 4. The number of carbonyl (C=O) groups excluding carboxylic acids is 2. The Morgan fingerprint density at radius 3 is 1.39 bits per heavy atom. The molecule has 0 saturated heterocycles. The summed E-state index contributed by atoms with van der Waals surface area (Å²) in [6.45, 7) is 19.1. The maximum atomic E-state index is 12.1. The molecule has 0 aliphatic heterocycles. The molecule has 4 heteroatoms. The van der Waals surface area contributed by atoms with Crippen molar-refractivity contribution < 1.29 is 19.1 Å². The molecule has 470 valence electrons. The fourth-order valence-electron chi connectivity index (χ4n) is 14.0. The zero-order chi connectivity index (χ0) is 58.9. The van der Waals surface area contributed by atoms with Crippen LogP contribution in [0, 0.1) is 52.8 Å². The molecule has 5 aliphatic rings. The molecule has 4 saturated carbocycles. The fourth-order valence-corrected chi connectivity index (χ4v) is 14.0. The number of unbranched alkanes of at least 4 members (excludes halogenated alkanes) is 24. The van der Waals surface area contributed by atoms with Gasteiger partial charge >= 0.3 is 11.9 Å². The predicted molar refractivity (Wildman–Crippen MR) is 356 cm³/mol. The van der Waals surface area contributed by atoms with E-state index >= 15 is 0 Å². The van der Waals surface area contributed by atoms with Crippen molar-refractivity contribution in [2.45, 2.75) is 344 Å². The standard InChI is InChI=1S/C40H64O2.C38H70O2/c1-7-8-12-20-34-28-36(34)30-37-29-35(37)21-13-10-9-11-14-22-39(41)42-27-25-32(3)18-15-17-31(2)23-24-38-33(4)19-16-26-40(38,5)6;1-3-5-7-8-9-10-11-12-13-14-15-16-17-18-22-26-30-40-38(39)29-25-21-19-20-24-28-35-32-37(35)33-36-31-34(36)27-23-6-4-2/h15,17-18,23-25,34-37H,7-14,16,19-22,26-30H2,1-6H3;12-13,34-37H,3-11,14-33H2,1-2H3/b18-15+,24-23+,31-17+,32-25+;13-12-. The highest BCUT2D eigenvalue weighted by Crippen LogP contribution is 2.56. The first-order valence-corrected chi connectivity index (χ1v) is 36.3. The van der Waals surface area contributed by atoms with E-state index in [1.165, 1.54) is 248 Å². The second-order valence-electron chi connectivity index (χ2n) is 28.4. The Morgan fingerprint density at radius 2 is 0.902 bits per heavy atom. The van der Waals surface area contributed by atoms with E-state index in [1.54, 1.807) is 19.3 Å². The van der Waals surface area contributed by atoms with Gasteiger partial charge in [0.25, 0.3) is 0 Å². The molecule has 0 amide bonds. The lowest BCUT2D eigenvalue weighted by Gasteiger charge is -2.32. The second kappa shape index (κ2) is 44.8. The number of hydrogen-bond donors (Lipinski definition) is 0. The zero-order valence-corrected chi connectivity index (χ0v) is 55.6. The molecule has 4 fully saturated rings. The van der Waals surface area contributed by atoms with Crippen LogP contribution >= 0.6 is 0 Å². The summed E-state index contributed by atoms with van der Waals surface area (Å²) in [6.07, 6.45) is 77.0. The number of ether oxygens (including phenoxy) is 2. The molecular weight excluding hydrogens is 1000 g/mol. The Bertz CT molecular complexity index is 1860. The van der Waals surface area contributed by atoms with Crippen molar-refractivity contribution in [2.75, 3.05) is 13.2 Å². The van der Waals surface area contributed by atoms with Crippen molar-refractivity contribution >= 4 is 11.9 Å². The molecule has 0 bridgehead atoms. The zero-order valence-electron chi connectivity index (χ0n) is 55.6. The highest BCUT2D eigenvalue weighted by molar-refractivity contribution is 5.69. The normalized spacial score (nSPS) is 23.9. The van der Waals surface area contributed by atoms with Crippen LogP contribution in [-0.2, 0) is 19.1 Å². The molecule has 5 rings (SSSR count). The minimum Gasteiger partial charge on any atom is -0.466 e. The van der Waals surface area contributed by atoms with E-state index in [1.807, 2.05) is 6.08 Å². The van der Waals surface area contributed by atoms with Crippen LogP contribution in [-0.4, -0.2) is 25.2 Å². The lowest BCUT2D eigenvalue weighted by Crippen LogP contribution is -2.19. The second-order valence-corrected chi connectivity index (χ2v) is 28.4. The maximum Gasteiger partial charge on any atom is 0.306 e. The summed E-state index contributed by atoms with van der Waals surface area (Å²) in [6, 6.07) is 0. The van der Waals surface area contributed by atoms with E-state index in [-0.39, 0.29) is 17.4 Å². The third kappa shape index (κ3) is 35.7. The molecular formula is C78H134O4. The average molecular weight is 1140 g/mol. The van der Waals surface area contributed by atoms with Gasteiger partial charge in [-0.05, 0) is 188 Å². The third-order valence-electron chi connectivity index (χ3n) is 20.1.